The van der Waals surface area contributed by atoms with E-state index in [0.717, 1.165) is 27.8 Å². The maximum absolute atomic E-state index is 13.3. The molecule has 7 rings (SSSR count). The fourth-order valence-corrected chi connectivity index (χ4v) is 5.22. The maximum Gasteiger partial charge on any atom is 0.261 e. The van der Waals surface area contributed by atoms with Crippen LogP contribution in [0, 0.1) is 0 Å². The van der Waals surface area contributed by atoms with Crippen LogP contribution in [0.5, 0.6) is 0 Å². The van der Waals surface area contributed by atoms with Crippen LogP contribution in [0.25, 0.3) is 39.0 Å². The Morgan fingerprint density at radius 1 is 0.892 bits per heavy atom. The third kappa shape index (κ3) is 3.43. The molecule has 4 heterocycles. The number of aryl methyl sites for hydroxylation is 1. The highest BCUT2D eigenvalue weighted by Crippen LogP contribution is 2.36. The summed E-state index contributed by atoms with van der Waals surface area (Å²) in [7, 11) is 0. The summed E-state index contributed by atoms with van der Waals surface area (Å²) in [5.41, 5.74) is 5.07. The average molecular weight is 488 g/mol. The normalized spacial score (nSPS) is 12.4. The number of para-hydroxylation sites is 2. The Morgan fingerprint density at radius 3 is 2.43 bits per heavy atom. The topological polar surface area (TPSA) is 99.6 Å². The summed E-state index contributed by atoms with van der Waals surface area (Å²) in [4.78, 5) is 31.5. The van der Waals surface area contributed by atoms with Crippen LogP contribution in [0.2, 0.25) is 0 Å². The fraction of sp³-hybridized carbons (Fsp3) is 0.107. The van der Waals surface area contributed by atoms with E-state index in [9.17, 15) is 9.59 Å². The Bertz CT molecular complexity index is 1870. The zero-order valence-electron chi connectivity index (χ0n) is 19.7. The molecule has 0 aliphatic carbocycles. The van der Waals surface area contributed by atoms with Gasteiger partial charge in [0.15, 0.2) is 5.82 Å². The number of hydrogen-bond donors (Lipinski definition) is 1. The minimum absolute atomic E-state index is 0.0549. The van der Waals surface area contributed by atoms with Crippen molar-refractivity contribution in [3.8, 4) is 17.2 Å². The lowest BCUT2D eigenvalue weighted by atomic mass is 10.0. The number of amides is 1. The first-order valence-corrected chi connectivity index (χ1v) is 12.0. The van der Waals surface area contributed by atoms with Crippen molar-refractivity contribution in [1.29, 1.82) is 0 Å². The van der Waals surface area contributed by atoms with Crippen LogP contribution in [-0.2, 0) is 24.3 Å². The lowest BCUT2D eigenvalue weighted by Crippen LogP contribution is -2.29. The molecule has 3 aromatic heterocycles. The van der Waals surface area contributed by atoms with Gasteiger partial charge in [-0.25, -0.2) is 4.98 Å². The molecule has 6 aromatic rings. The van der Waals surface area contributed by atoms with Gasteiger partial charge < -0.3 is 9.88 Å². The van der Waals surface area contributed by atoms with Crippen molar-refractivity contribution in [2.45, 2.75) is 19.5 Å². The number of hydrogen-bond acceptors (Lipinski definition) is 5. The first-order chi connectivity index (χ1) is 18.2. The van der Waals surface area contributed by atoms with Gasteiger partial charge in [-0.3, -0.25) is 18.7 Å². The predicted molar refractivity (Wildman–Crippen MR) is 141 cm³/mol. The van der Waals surface area contributed by atoms with Gasteiger partial charge in [-0.05, 0) is 54.4 Å². The zero-order chi connectivity index (χ0) is 24.9. The van der Waals surface area contributed by atoms with Crippen molar-refractivity contribution in [3.63, 3.8) is 0 Å². The lowest BCUT2D eigenvalue weighted by Gasteiger charge is -2.21. The van der Waals surface area contributed by atoms with E-state index in [0.29, 0.717) is 35.4 Å². The molecule has 0 radical (unpaired) electrons. The number of aromatic nitrogens is 6. The highest BCUT2D eigenvalue weighted by molar-refractivity contribution is 5.96. The van der Waals surface area contributed by atoms with Crippen molar-refractivity contribution in [1.82, 2.24) is 28.9 Å². The van der Waals surface area contributed by atoms with Crippen LogP contribution in [0.3, 0.4) is 0 Å². The van der Waals surface area contributed by atoms with Crippen LogP contribution in [0.1, 0.15) is 5.56 Å². The number of rotatable bonds is 4. The molecule has 1 amide bonds. The van der Waals surface area contributed by atoms with Crippen LogP contribution in [0.15, 0.2) is 90.2 Å². The molecule has 0 spiro atoms. The first kappa shape index (κ1) is 21.3. The monoisotopic (exact) mass is 487 g/mol. The Labute approximate surface area is 210 Å². The van der Waals surface area contributed by atoms with Crippen molar-refractivity contribution >= 4 is 33.4 Å². The molecule has 9 heteroatoms. The summed E-state index contributed by atoms with van der Waals surface area (Å²) in [6, 6.07) is 22.9. The highest BCUT2D eigenvalue weighted by atomic mass is 16.2. The summed E-state index contributed by atoms with van der Waals surface area (Å²) in [5.74, 6) is 0.438. The summed E-state index contributed by atoms with van der Waals surface area (Å²) >= 11 is 0. The molecule has 180 valence electrons. The van der Waals surface area contributed by atoms with Crippen LogP contribution >= 0.6 is 0 Å². The minimum Gasteiger partial charge on any atom is -0.328 e. The first-order valence-electron chi connectivity index (χ1n) is 12.0. The van der Waals surface area contributed by atoms with Gasteiger partial charge in [-0.2, -0.15) is 0 Å². The molecule has 3 aromatic carbocycles. The summed E-state index contributed by atoms with van der Waals surface area (Å²) in [5, 5.41) is 12.3. The lowest BCUT2D eigenvalue weighted by molar-refractivity contribution is -0.116. The SMILES string of the molecule is O=C(Cn1c2c(c3ccccc31)CCn1c-2nc2ccccc2c1=O)Nc1ccc(-n2cnnc2)cc1. The summed E-state index contributed by atoms with van der Waals surface area (Å²) in [6.07, 6.45) is 3.94. The zero-order valence-corrected chi connectivity index (χ0v) is 19.7. The van der Waals surface area contributed by atoms with E-state index in [4.69, 9.17) is 4.98 Å². The summed E-state index contributed by atoms with van der Waals surface area (Å²) < 4.78 is 5.51. The highest BCUT2D eigenvalue weighted by Gasteiger charge is 2.28. The second-order valence-corrected chi connectivity index (χ2v) is 9.05. The number of fused-ring (bicyclic) bond motifs is 6. The second kappa shape index (κ2) is 8.27. The molecule has 0 saturated heterocycles. The molecule has 1 aliphatic rings. The van der Waals surface area contributed by atoms with Crippen molar-refractivity contribution in [3.05, 3.63) is 101 Å². The third-order valence-electron chi connectivity index (χ3n) is 6.90. The number of nitrogens with one attached hydrogen (secondary N) is 1. The second-order valence-electron chi connectivity index (χ2n) is 9.05. The van der Waals surface area contributed by atoms with E-state index < -0.39 is 0 Å². The molecule has 0 saturated carbocycles. The average Bonchev–Trinajstić information content (AvgIpc) is 3.57. The van der Waals surface area contributed by atoms with Gasteiger partial charge in [-0.15, -0.1) is 10.2 Å². The Hall–Kier alpha value is -5.05. The quantitative estimate of drug-likeness (QED) is 0.408. The number of nitrogens with zero attached hydrogens (tertiary/aromatic N) is 6. The van der Waals surface area contributed by atoms with E-state index in [2.05, 4.69) is 21.6 Å². The van der Waals surface area contributed by atoms with Crippen LogP contribution in [0.4, 0.5) is 5.69 Å². The Morgan fingerprint density at radius 2 is 1.62 bits per heavy atom. The van der Waals surface area contributed by atoms with E-state index in [1.807, 2.05) is 71.3 Å². The van der Waals surface area contributed by atoms with Gasteiger partial charge in [0.2, 0.25) is 5.91 Å². The number of carbonyl (C=O) groups is 1. The number of anilines is 1. The van der Waals surface area contributed by atoms with Gasteiger partial charge in [0, 0.05) is 28.8 Å². The van der Waals surface area contributed by atoms with E-state index in [-0.39, 0.29) is 18.0 Å². The molecule has 37 heavy (non-hydrogen) atoms. The van der Waals surface area contributed by atoms with Gasteiger partial charge in [0.05, 0.1) is 16.6 Å². The predicted octanol–water partition coefficient (Wildman–Crippen LogP) is 3.79. The number of benzene rings is 3. The molecule has 1 aliphatic heterocycles. The van der Waals surface area contributed by atoms with Crippen molar-refractivity contribution < 1.29 is 4.79 Å². The molecule has 1 N–H and O–H groups in total. The Kier molecular flexibility index (Phi) is 4.75. The fourth-order valence-electron chi connectivity index (χ4n) is 5.22. The van der Waals surface area contributed by atoms with Gasteiger partial charge >= 0.3 is 0 Å². The molecular formula is C28H21N7O2. The Balaban J connectivity index is 1.29. The van der Waals surface area contributed by atoms with Gasteiger partial charge in [0.1, 0.15) is 19.2 Å². The van der Waals surface area contributed by atoms with Crippen LogP contribution < -0.4 is 10.9 Å². The van der Waals surface area contributed by atoms with E-state index >= 15 is 0 Å². The molecule has 0 unspecified atom stereocenters. The maximum atomic E-state index is 13.3. The largest absolute Gasteiger partial charge is 0.328 e. The molecule has 0 bridgehead atoms. The van der Waals surface area contributed by atoms with Crippen molar-refractivity contribution in [2.75, 3.05) is 5.32 Å². The van der Waals surface area contributed by atoms with E-state index in [1.165, 1.54) is 0 Å². The van der Waals surface area contributed by atoms with Gasteiger partial charge in [0.25, 0.3) is 5.56 Å². The minimum atomic E-state index is -0.166. The molecule has 0 fully saturated rings. The molecule has 9 nitrogen and oxygen atoms in total. The number of carbonyl (C=O) groups excluding carboxylic acids is 1. The van der Waals surface area contributed by atoms with E-state index in [1.54, 1.807) is 21.8 Å². The van der Waals surface area contributed by atoms with Gasteiger partial charge in [-0.1, -0.05) is 30.3 Å². The standard InChI is InChI=1S/C28H21N7O2/c36-25(31-18-9-11-19(12-10-18)33-16-29-30-17-33)15-35-24-8-4-2-5-20(24)21-13-14-34-27(26(21)35)32-23-7-3-1-6-22(23)28(34)37/h1-12,16-17H,13-15H2,(H,31,36). The molecular weight excluding hydrogens is 466 g/mol. The summed E-state index contributed by atoms with van der Waals surface area (Å²) in [6.45, 7) is 0.643. The third-order valence-corrected chi connectivity index (χ3v) is 6.90. The van der Waals surface area contributed by atoms with Crippen LogP contribution in [-0.4, -0.2) is 34.8 Å². The van der Waals surface area contributed by atoms with Crippen molar-refractivity contribution in [2.24, 2.45) is 0 Å². The molecule has 0 atom stereocenters. The smallest absolute Gasteiger partial charge is 0.261 e.